The minimum atomic E-state index is -0.531. The van der Waals surface area contributed by atoms with E-state index in [1.165, 1.54) is 19.3 Å². The van der Waals surface area contributed by atoms with E-state index in [1.54, 1.807) is 0 Å². The van der Waals surface area contributed by atoms with Crippen molar-refractivity contribution in [1.82, 2.24) is 0 Å². The van der Waals surface area contributed by atoms with Gasteiger partial charge < -0.3 is 0 Å². The van der Waals surface area contributed by atoms with E-state index in [9.17, 15) is 9.59 Å². The third-order valence-corrected chi connectivity index (χ3v) is 6.00. The first kappa shape index (κ1) is 22.4. The predicted molar refractivity (Wildman–Crippen MR) is 110 cm³/mol. The van der Waals surface area contributed by atoms with Crippen molar-refractivity contribution in [2.75, 3.05) is 12.3 Å². The molecule has 0 aromatic heterocycles. The summed E-state index contributed by atoms with van der Waals surface area (Å²) < 4.78 is 0. The summed E-state index contributed by atoms with van der Waals surface area (Å²) in [6, 6.07) is 0. The molecule has 0 heterocycles. The van der Waals surface area contributed by atoms with Gasteiger partial charge in [0.15, 0.2) is 0 Å². The van der Waals surface area contributed by atoms with Gasteiger partial charge in [-0.05, 0) is 37.4 Å². The number of thioether (sulfide) groups is 1. The van der Waals surface area contributed by atoms with Crippen LogP contribution < -0.4 is 0 Å². The summed E-state index contributed by atoms with van der Waals surface area (Å²) in [6.45, 7) is 9.39. The Balaban J connectivity index is 2.77. The molecule has 3 atom stereocenters. The van der Waals surface area contributed by atoms with Crippen molar-refractivity contribution < 1.29 is 9.59 Å². The molecule has 144 valence electrons. The van der Waals surface area contributed by atoms with Crippen molar-refractivity contribution in [2.24, 2.45) is 16.8 Å². The molecule has 4 heteroatoms. The van der Waals surface area contributed by atoms with Crippen LogP contribution in [-0.2, 0) is 9.59 Å². The lowest BCUT2D eigenvalue weighted by atomic mass is 9.75. The molecule has 0 aliphatic heterocycles. The molecule has 0 radical (unpaired) electrons. The van der Waals surface area contributed by atoms with E-state index < -0.39 is 5.92 Å². The van der Waals surface area contributed by atoms with Crippen LogP contribution in [0.3, 0.4) is 0 Å². The Bertz CT molecular complexity index is 447. The maximum atomic E-state index is 12.7. The number of nitrogens with zero attached hydrogens (tertiary/aromatic N) is 1. The van der Waals surface area contributed by atoms with Crippen molar-refractivity contribution in [1.29, 1.82) is 0 Å². The first-order valence-corrected chi connectivity index (χ1v) is 11.3. The SMILES string of the molecule is CCCCCCN=C1C[C@@H](C[C@H](C)SCC)CC(=O)C1C(=O)CCC. The minimum absolute atomic E-state index is 0.0919. The zero-order chi connectivity index (χ0) is 18.7. The van der Waals surface area contributed by atoms with Gasteiger partial charge in [0.25, 0.3) is 0 Å². The van der Waals surface area contributed by atoms with Gasteiger partial charge in [-0.25, -0.2) is 0 Å². The highest BCUT2D eigenvalue weighted by Crippen LogP contribution is 2.31. The fourth-order valence-corrected chi connectivity index (χ4v) is 4.71. The summed E-state index contributed by atoms with van der Waals surface area (Å²) in [5, 5.41) is 0.566. The van der Waals surface area contributed by atoms with Crippen molar-refractivity contribution >= 4 is 29.0 Å². The number of aliphatic imine (C=N–C) groups is 1. The Kier molecular flexibility index (Phi) is 11.4. The molecule has 0 aromatic rings. The molecule has 1 saturated carbocycles. The maximum absolute atomic E-state index is 12.7. The molecular weight excluding hydrogens is 330 g/mol. The number of rotatable bonds is 12. The standard InChI is InChI=1S/C21H37NO2S/c1-5-8-9-10-12-22-18-14-17(13-16(4)25-7-3)15-20(24)21(18)19(23)11-6-2/h16-17,21H,5-15H2,1-4H3/t16-,17+,21?/m0/s1. The van der Waals surface area contributed by atoms with Gasteiger partial charge in [0.2, 0.25) is 0 Å². The Morgan fingerprint density at radius 2 is 1.92 bits per heavy atom. The highest BCUT2D eigenvalue weighted by Gasteiger charge is 2.37. The quantitative estimate of drug-likeness (QED) is 0.338. The Morgan fingerprint density at radius 1 is 1.16 bits per heavy atom. The second-order valence-corrected chi connectivity index (χ2v) is 9.04. The van der Waals surface area contributed by atoms with Crippen LogP contribution in [-0.4, -0.2) is 34.8 Å². The summed E-state index contributed by atoms with van der Waals surface area (Å²) in [4.78, 5) is 29.9. The number of ketones is 2. The van der Waals surface area contributed by atoms with Gasteiger partial charge in [-0.1, -0.05) is 47.0 Å². The average Bonchev–Trinajstić information content (AvgIpc) is 2.54. The highest BCUT2D eigenvalue weighted by molar-refractivity contribution is 7.99. The normalized spacial score (nSPS) is 23.8. The first-order valence-electron chi connectivity index (χ1n) is 10.2. The topological polar surface area (TPSA) is 46.5 Å². The molecule has 25 heavy (non-hydrogen) atoms. The Morgan fingerprint density at radius 3 is 2.56 bits per heavy atom. The molecule has 1 aliphatic carbocycles. The van der Waals surface area contributed by atoms with Gasteiger partial charge in [-0.15, -0.1) is 0 Å². The van der Waals surface area contributed by atoms with Gasteiger partial charge >= 0.3 is 0 Å². The summed E-state index contributed by atoms with van der Waals surface area (Å²) >= 11 is 1.95. The molecule has 1 rings (SSSR count). The van der Waals surface area contributed by atoms with E-state index in [0.717, 1.165) is 43.7 Å². The van der Waals surface area contributed by atoms with Gasteiger partial charge in [0, 0.05) is 30.3 Å². The molecule has 1 fully saturated rings. The molecule has 3 nitrogen and oxygen atoms in total. The molecule has 0 spiro atoms. The molecule has 0 bridgehead atoms. The number of hydrogen-bond acceptors (Lipinski definition) is 4. The third-order valence-electron chi connectivity index (χ3n) is 4.90. The van der Waals surface area contributed by atoms with Gasteiger partial charge in [-0.3, -0.25) is 14.6 Å². The smallest absolute Gasteiger partial charge is 0.149 e. The van der Waals surface area contributed by atoms with Crippen LogP contribution in [0.4, 0.5) is 0 Å². The molecule has 0 saturated heterocycles. The van der Waals surface area contributed by atoms with Crippen LogP contribution in [0.2, 0.25) is 0 Å². The predicted octanol–water partition coefficient (Wildman–Crippen LogP) is 5.50. The zero-order valence-corrected chi connectivity index (χ0v) is 17.5. The van der Waals surface area contributed by atoms with Crippen molar-refractivity contribution in [2.45, 2.75) is 90.7 Å². The van der Waals surface area contributed by atoms with E-state index in [4.69, 9.17) is 4.99 Å². The second-order valence-electron chi connectivity index (χ2n) is 7.33. The van der Waals surface area contributed by atoms with E-state index in [-0.39, 0.29) is 11.6 Å². The molecule has 1 unspecified atom stereocenters. The number of Topliss-reactive ketones (excluding diaryl/α,β-unsaturated/α-hetero) is 2. The van der Waals surface area contributed by atoms with Crippen molar-refractivity contribution in [3.8, 4) is 0 Å². The third kappa shape index (κ3) is 8.06. The van der Waals surface area contributed by atoms with Crippen LogP contribution in [0.15, 0.2) is 4.99 Å². The fraction of sp³-hybridized carbons (Fsp3) is 0.857. The molecule has 0 aromatic carbocycles. The first-order chi connectivity index (χ1) is 12.0. The molecule has 1 aliphatic rings. The van der Waals surface area contributed by atoms with E-state index >= 15 is 0 Å². The number of carbonyl (C=O) groups excluding carboxylic acids is 2. The summed E-state index contributed by atoms with van der Waals surface area (Å²) in [5.74, 6) is 1.15. The Labute approximate surface area is 158 Å². The van der Waals surface area contributed by atoms with Crippen LogP contribution in [0, 0.1) is 11.8 Å². The van der Waals surface area contributed by atoms with Crippen molar-refractivity contribution in [3.05, 3.63) is 0 Å². The Hall–Kier alpha value is -0.640. The zero-order valence-electron chi connectivity index (χ0n) is 16.7. The molecular formula is C21H37NO2S. The highest BCUT2D eigenvalue weighted by atomic mass is 32.2. The monoisotopic (exact) mass is 367 g/mol. The van der Waals surface area contributed by atoms with E-state index in [2.05, 4.69) is 20.8 Å². The maximum Gasteiger partial charge on any atom is 0.149 e. The number of hydrogen-bond donors (Lipinski definition) is 0. The molecule has 0 amide bonds. The minimum Gasteiger partial charge on any atom is -0.298 e. The van der Waals surface area contributed by atoms with Crippen LogP contribution in [0.25, 0.3) is 0 Å². The number of unbranched alkanes of at least 4 members (excludes halogenated alkanes) is 3. The van der Waals surface area contributed by atoms with Crippen LogP contribution in [0.5, 0.6) is 0 Å². The largest absolute Gasteiger partial charge is 0.298 e. The molecule has 0 N–H and O–H groups in total. The summed E-state index contributed by atoms with van der Waals surface area (Å²) in [7, 11) is 0. The van der Waals surface area contributed by atoms with Crippen LogP contribution in [0.1, 0.15) is 85.5 Å². The van der Waals surface area contributed by atoms with Gasteiger partial charge in [0.05, 0.1) is 0 Å². The van der Waals surface area contributed by atoms with E-state index in [0.29, 0.717) is 24.0 Å². The lowest BCUT2D eigenvalue weighted by Crippen LogP contribution is -2.39. The van der Waals surface area contributed by atoms with Crippen LogP contribution >= 0.6 is 11.8 Å². The van der Waals surface area contributed by atoms with Gasteiger partial charge in [0.1, 0.15) is 17.5 Å². The lowest BCUT2D eigenvalue weighted by Gasteiger charge is -2.30. The lowest BCUT2D eigenvalue weighted by molar-refractivity contribution is -0.131. The van der Waals surface area contributed by atoms with Crippen molar-refractivity contribution in [3.63, 3.8) is 0 Å². The average molecular weight is 368 g/mol. The van der Waals surface area contributed by atoms with E-state index in [1.807, 2.05) is 18.7 Å². The second kappa shape index (κ2) is 12.7. The summed E-state index contributed by atoms with van der Waals surface area (Å²) in [6.07, 6.45) is 8.44. The van der Waals surface area contributed by atoms with Gasteiger partial charge in [-0.2, -0.15) is 11.8 Å². The fourth-order valence-electron chi connectivity index (χ4n) is 3.74. The summed E-state index contributed by atoms with van der Waals surface area (Å²) in [5.41, 5.74) is 0.893. The number of carbonyl (C=O) groups is 2.